The first kappa shape index (κ1) is 22.6. The van der Waals surface area contributed by atoms with Crippen molar-refractivity contribution in [2.75, 3.05) is 18.4 Å². The van der Waals surface area contributed by atoms with E-state index in [1.807, 2.05) is 12.1 Å². The van der Waals surface area contributed by atoms with Gasteiger partial charge in [-0.2, -0.15) is 18.4 Å². The Kier molecular flexibility index (Phi) is 5.91. The molecule has 0 aliphatic carbocycles. The van der Waals surface area contributed by atoms with Crippen LogP contribution in [0, 0.1) is 18.3 Å². The summed E-state index contributed by atoms with van der Waals surface area (Å²) in [6, 6.07) is 9.92. The predicted octanol–water partition coefficient (Wildman–Crippen LogP) is 5.53. The Morgan fingerprint density at radius 2 is 2.03 bits per heavy atom. The zero-order valence-electron chi connectivity index (χ0n) is 18.5. The highest BCUT2D eigenvalue weighted by Crippen LogP contribution is 2.34. The van der Waals surface area contributed by atoms with E-state index >= 15 is 0 Å². The Labute approximate surface area is 198 Å². The number of nitriles is 1. The van der Waals surface area contributed by atoms with E-state index in [0.29, 0.717) is 21.7 Å². The van der Waals surface area contributed by atoms with E-state index in [4.69, 9.17) is 5.26 Å². The van der Waals surface area contributed by atoms with Crippen LogP contribution < -0.4 is 5.32 Å². The lowest BCUT2D eigenvalue weighted by molar-refractivity contribution is -0.126. The number of likely N-dealkylation sites (tertiary alicyclic amines) is 1. The molecule has 10 heteroatoms. The fourth-order valence-electron chi connectivity index (χ4n) is 4.59. The zero-order chi connectivity index (χ0) is 23.9. The second-order valence-electron chi connectivity index (χ2n) is 8.74. The number of piperidine rings is 1. The Morgan fingerprint density at radius 3 is 2.76 bits per heavy atom. The Balaban J connectivity index is 1.23. The quantitative estimate of drug-likeness (QED) is 0.389. The van der Waals surface area contributed by atoms with Gasteiger partial charge in [-0.25, -0.2) is 9.97 Å². The lowest BCUT2D eigenvalue weighted by Gasteiger charge is -2.33. The fraction of sp³-hybridized carbons (Fsp3) is 0.375. The number of rotatable bonds is 5. The summed E-state index contributed by atoms with van der Waals surface area (Å²) in [6.07, 6.45) is -1.96. The molecule has 1 aliphatic heterocycles. The molecule has 0 bridgehead atoms. The summed E-state index contributed by atoms with van der Waals surface area (Å²) in [7, 11) is 0. The molecule has 0 radical (unpaired) electrons. The van der Waals surface area contributed by atoms with Crippen molar-refractivity contribution in [2.45, 2.75) is 44.9 Å². The number of aromatic amines is 1. The molecule has 2 N–H and O–H groups in total. The Hall–Kier alpha value is -3.16. The smallest absolute Gasteiger partial charge is 0.366 e. The molecule has 4 heterocycles. The van der Waals surface area contributed by atoms with Crippen molar-refractivity contribution < 1.29 is 13.2 Å². The summed E-state index contributed by atoms with van der Waals surface area (Å²) in [5, 5.41) is 13.7. The van der Waals surface area contributed by atoms with Crippen LogP contribution >= 0.6 is 11.3 Å². The summed E-state index contributed by atoms with van der Waals surface area (Å²) in [5.41, 5.74) is 4.53. The molecule has 0 unspecified atom stereocenters. The van der Waals surface area contributed by atoms with Gasteiger partial charge < -0.3 is 10.3 Å². The standard InChI is InChI=1S/C24H23F3N6S/c1-14-15(2-3-20-19(14)8-17(11-28)31-20)12-33-6-4-16(5-7-33)32-23-22-21(29-13-30-23)9-18(34-22)10-24(25,26)27/h2-3,8-9,13,16,31H,4-7,10,12H2,1H3,(H,29,30,32). The van der Waals surface area contributed by atoms with E-state index < -0.39 is 12.6 Å². The average molecular weight is 485 g/mol. The highest BCUT2D eigenvalue weighted by molar-refractivity contribution is 7.19. The predicted molar refractivity (Wildman–Crippen MR) is 127 cm³/mol. The molecule has 6 nitrogen and oxygen atoms in total. The SMILES string of the molecule is Cc1c(CN2CCC(Nc3ncnc4cc(CC(F)(F)F)sc34)CC2)ccc2[nH]c(C#N)cc12. The van der Waals surface area contributed by atoms with E-state index in [9.17, 15) is 13.2 Å². The van der Waals surface area contributed by atoms with Crippen molar-refractivity contribution >= 4 is 38.3 Å². The van der Waals surface area contributed by atoms with Gasteiger partial charge in [0.1, 0.15) is 23.9 Å². The first-order chi connectivity index (χ1) is 16.3. The summed E-state index contributed by atoms with van der Waals surface area (Å²) >= 11 is 1.11. The van der Waals surface area contributed by atoms with Crippen molar-refractivity contribution in [3.05, 3.63) is 52.3 Å². The number of thiophene rings is 1. The molecular formula is C24H23F3N6S. The molecule has 34 heavy (non-hydrogen) atoms. The molecule has 1 aliphatic rings. The molecule has 3 aromatic heterocycles. The van der Waals surface area contributed by atoms with Gasteiger partial charge in [-0.15, -0.1) is 11.3 Å². The van der Waals surface area contributed by atoms with Gasteiger partial charge in [0.2, 0.25) is 0 Å². The van der Waals surface area contributed by atoms with Gasteiger partial charge in [-0.3, -0.25) is 4.90 Å². The van der Waals surface area contributed by atoms with E-state index in [-0.39, 0.29) is 10.9 Å². The third-order valence-electron chi connectivity index (χ3n) is 6.36. The fourth-order valence-corrected chi connectivity index (χ4v) is 5.68. The minimum absolute atomic E-state index is 0.203. The van der Waals surface area contributed by atoms with Crippen LogP contribution in [0.4, 0.5) is 19.0 Å². The number of fused-ring (bicyclic) bond motifs is 2. The third-order valence-corrected chi connectivity index (χ3v) is 7.50. The number of aromatic nitrogens is 3. The highest BCUT2D eigenvalue weighted by Gasteiger charge is 2.29. The number of H-pyrrole nitrogens is 1. The molecule has 5 rings (SSSR count). The number of nitrogens with one attached hydrogen (secondary N) is 2. The Morgan fingerprint density at radius 1 is 1.24 bits per heavy atom. The molecule has 1 fully saturated rings. The number of hydrogen-bond donors (Lipinski definition) is 2. The molecule has 1 aromatic carbocycles. The van der Waals surface area contributed by atoms with Crippen LogP contribution in [0.15, 0.2) is 30.6 Å². The molecule has 176 valence electrons. The monoisotopic (exact) mass is 484 g/mol. The number of alkyl halides is 3. The molecule has 0 saturated carbocycles. The number of anilines is 1. The van der Waals surface area contributed by atoms with Crippen molar-refractivity contribution in [2.24, 2.45) is 0 Å². The van der Waals surface area contributed by atoms with Crippen molar-refractivity contribution in [3.8, 4) is 6.07 Å². The number of benzene rings is 1. The minimum atomic E-state index is -4.24. The largest absolute Gasteiger partial charge is 0.393 e. The first-order valence-corrected chi connectivity index (χ1v) is 11.9. The minimum Gasteiger partial charge on any atom is -0.366 e. The second kappa shape index (κ2) is 8.89. The Bertz CT molecular complexity index is 1380. The molecule has 4 aromatic rings. The third kappa shape index (κ3) is 4.72. The summed E-state index contributed by atoms with van der Waals surface area (Å²) < 4.78 is 39.1. The topological polar surface area (TPSA) is 80.6 Å². The molecule has 0 atom stereocenters. The first-order valence-electron chi connectivity index (χ1n) is 11.1. The zero-order valence-corrected chi connectivity index (χ0v) is 19.4. The molecular weight excluding hydrogens is 461 g/mol. The van der Waals surface area contributed by atoms with Crippen LogP contribution in [0.25, 0.3) is 21.1 Å². The van der Waals surface area contributed by atoms with Crippen LogP contribution in [-0.2, 0) is 13.0 Å². The lowest BCUT2D eigenvalue weighted by Crippen LogP contribution is -2.38. The van der Waals surface area contributed by atoms with Gasteiger partial charge in [0.15, 0.2) is 0 Å². The van der Waals surface area contributed by atoms with Gasteiger partial charge in [-0.05, 0) is 49.1 Å². The average Bonchev–Trinajstić information content (AvgIpc) is 3.40. The van der Waals surface area contributed by atoms with Crippen LogP contribution in [-0.4, -0.2) is 45.2 Å². The number of aryl methyl sites for hydroxylation is 1. The van der Waals surface area contributed by atoms with Crippen molar-refractivity contribution in [3.63, 3.8) is 0 Å². The maximum atomic E-state index is 12.8. The number of halogens is 3. The number of nitrogens with zero attached hydrogens (tertiary/aromatic N) is 4. The summed E-state index contributed by atoms with van der Waals surface area (Å²) in [4.78, 5) is 14.2. The molecule has 0 amide bonds. The van der Waals surface area contributed by atoms with Crippen molar-refractivity contribution in [1.82, 2.24) is 19.9 Å². The second-order valence-corrected chi connectivity index (χ2v) is 9.88. The van der Waals surface area contributed by atoms with E-state index in [1.54, 1.807) is 0 Å². The normalized spacial score (nSPS) is 15.7. The van der Waals surface area contributed by atoms with Crippen LogP contribution in [0.3, 0.4) is 0 Å². The van der Waals surface area contributed by atoms with E-state index in [0.717, 1.165) is 54.7 Å². The maximum Gasteiger partial charge on any atom is 0.393 e. The van der Waals surface area contributed by atoms with Crippen LogP contribution in [0.1, 0.15) is 34.5 Å². The van der Waals surface area contributed by atoms with E-state index in [2.05, 4.69) is 44.2 Å². The van der Waals surface area contributed by atoms with Gasteiger partial charge >= 0.3 is 6.18 Å². The highest BCUT2D eigenvalue weighted by atomic mass is 32.1. The lowest BCUT2D eigenvalue weighted by atomic mass is 10.0. The summed E-state index contributed by atoms with van der Waals surface area (Å²) in [5.74, 6) is 0.615. The van der Waals surface area contributed by atoms with E-state index in [1.165, 1.54) is 23.5 Å². The summed E-state index contributed by atoms with van der Waals surface area (Å²) in [6.45, 7) is 4.74. The van der Waals surface area contributed by atoms with Gasteiger partial charge in [0.05, 0.1) is 16.6 Å². The van der Waals surface area contributed by atoms with Gasteiger partial charge in [0, 0.05) is 41.5 Å². The van der Waals surface area contributed by atoms with Crippen molar-refractivity contribution in [1.29, 1.82) is 5.26 Å². The molecule has 1 saturated heterocycles. The maximum absolute atomic E-state index is 12.8. The van der Waals surface area contributed by atoms with Crippen LogP contribution in [0.2, 0.25) is 0 Å². The van der Waals surface area contributed by atoms with Crippen LogP contribution in [0.5, 0.6) is 0 Å². The van der Waals surface area contributed by atoms with Gasteiger partial charge in [0.25, 0.3) is 0 Å². The number of hydrogen-bond acceptors (Lipinski definition) is 6. The molecule has 0 spiro atoms. The van der Waals surface area contributed by atoms with Gasteiger partial charge in [-0.1, -0.05) is 6.07 Å².